The van der Waals surface area contributed by atoms with E-state index in [1.165, 1.54) is 72.2 Å². The first-order chi connectivity index (χ1) is 24.7. The van der Waals surface area contributed by atoms with Gasteiger partial charge < -0.3 is 9.71 Å². The van der Waals surface area contributed by atoms with Crippen LogP contribution in [0.5, 0.6) is 0 Å². The van der Waals surface area contributed by atoms with Crippen LogP contribution in [-0.2, 0) is 0 Å². The van der Waals surface area contributed by atoms with Crippen LogP contribution in [0.4, 0.5) is 22.7 Å². The number of hydrogen-bond acceptors (Lipinski definition) is 2. The molecule has 0 aromatic heterocycles. The monoisotopic (exact) mass is 638 g/mol. The van der Waals surface area contributed by atoms with Crippen LogP contribution in [-0.4, -0.2) is 6.85 Å². The molecule has 2 heterocycles. The zero-order valence-corrected chi connectivity index (χ0v) is 28.0. The Labute approximate surface area is 294 Å². The largest absolute Gasteiger partial charge is 0.376 e. The number of nitrogens with zero attached hydrogens (tertiary/aromatic N) is 2. The fraction of sp³-hybridized carbons (Fsp3) is 0.0638. The summed E-state index contributed by atoms with van der Waals surface area (Å²) in [7, 11) is 0. The quantitative estimate of drug-likeness (QED) is 0.177. The van der Waals surface area contributed by atoms with Gasteiger partial charge in [-0.25, -0.2) is 0 Å². The molecule has 1 atom stereocenters. The highest BCUT2D eigenvalue weighted by molar-refractivity contribution is 6.92. The first kappa shape index (κ1) is 28.9. The lowest BCUT2D eigenvalue weighted by atomic mass is 9.43. The first-order valence-electron chi connectivity index (χ1n) is 17.7. The second-order valence-electron chi connectivity index (χ2n) is 13.8. The molecule has 2 aliphatic heterocycles. The van der Waals surface area contributed by atoms with Crippen molar-refractivity contribution in [2.75, 3.05) is 9.71 Å². The molecule has 0 radical (unpaired) electrons. The van der Waals surface area contributed by atoms with Crippen molar-refractivity contribution in [1.82, 2.24) is 0 Å². The van der Waals surface area contributed by atoms with E-state index in [0.717, 1.165) is 17.8 Å². The zero-order chi connectivity index (χ0) is 33.2. The van der Waals surface area contributed by atoms with Crippen molar-refractivity contribution in [2.24, 2.45) is 5.92 Å². The lowest BCUT2D eigenvalue weighted by Gasteiger charge is -2.44. The molecule has 0 amide bonds. The summed E-state index contributed by atoms with van der Waals surface area (Å²) in [6.07, 6.45) is 8.04. The van der Waals surface area contributed by atoms with E-state index < -0.39 is 0 Å². The third-order valence-corrected chi connectivity index (χ3v) is 10.8. The summed E-state index contributed by atoms with van der Waals surface area (Å²) in [5.41, 5.74) is 16.3. The predicted octanol–water partition coefficient (Wildman–Crippen LogP) is 11.0. The van der Waals surface area contributed by atoms with Gasteiger partial charge in [-0.15, -0.1) is 0 Å². The maximum atomic E-state index is 2.60. The number of fused-ring (bicyclic) bond motifs is 12. The lowest BCUT2D eigenvalue weighted by molar-refractivity contribution is 0.728. The summed E-state index contributed by atoms with van der Waals surface area (Å²) in [4.78, 5) is 5.01. The van der Waals surface area contributed by atoms with Gasteiger partial charge in [0.25, 0.3) is 0 Å². The summed E-state index contributed by atoms with van der Waals surface area (Å²) >= 11 is 0. The van der Waals surface area contributed by atoms with E-state index in [0.29, 0.717) is 5.92 Å². The van der Waals surface area contributed by atoms with Gasteiger partial charge in [0.05, 0.1) is 0 Å². The average Bonchev–Trinajstić information content (AvgIpc) is 3.18. The van der Waals surface area contributed by atoms with Gasteiger partial charge in [0.15, 0.2) is 0 Å². The van der Waals surface area contributed by atoms with E-state index in [-0.39, 0.29) is 6.85 Å². The van der Waals surface area contributed by atoms with Crippen LogP contribution >= 0.6 is 0 Å². The fourth-order valence-corrected chi connectivity index (χ4v) is 8.42. The summed E-state index contributed by atoms with van der Waals surface area (Å²) < 4.78 is 0. The van der Waals surface area contributed by atoms with Crippen LogP contribution in [0.1, 0.15) is 13.3 Å². The van der Waals surface area contributed by atoms with Crippen molar-refractivity contribution in [3.63, 3.8) is 0 Å². The summed E-state index contributed by atoms with van der Waals surface area (Å²) in [5, 5.41) is 2.54. The van der Waals surface area contributed by atoms with Gasteiger partial charge in [-0.1, -0.05) is 134 Å². The van der Waals surface area contributed by atoms with Crippen LogP contribution < -0.4 is 20.6 Å². The van der Waals surface area contributed by atoms with Gasteiger partial charge >= 0.3 is 6.85 Å². The van der Waals surface area contributed by atoms with Gasteiger partial charge in [0.1, 0.15) is 0 Å². The molecule has 0 spiro atoms. The number of allylic oxidation sites excluding steroid dienone is 3. The lowest BCUT2D eigenvalue weighted by Crippen LogP contribution is -2.59. The van der Waals surface area contributed by atoms with Crippen LogP contribution in [0.15, 0.2) is 182 Å². The van der Waals surface area contributed by atoms with Gasteiger partial charge in [0.2, 0.25) is 0 Å². The molecule has 7 aromatic rings. The fourth-order valence-electron chi connectivity index (χ4n) is 8.42. The minimum Gasteiger partial charge on any atom is -0.376 e. The Bertz CT molecular complexity index is 2510. The smallest absolute Gasteiger partial charge is 0.329 e. The number of benzene rings is 7. The second kappa shape index (κ2) is 11.5. The van der Waals surface area contributed by atoms with Gasteiger partial charge in [-0.2, -0.15) is 0 Å². The van der Waals surface area contributed by atoms with E-state index in [9.17, 15) is 0 Å². The van der Waals surface area contributed by atoms with Crippen molar-refractivity contribution in [3.8, 4) is 33.4 Å². The number of hydrogen-bond donors (Lipinski definition) is 0. The average molecular weight is 639 g/mol. The van der Waals surface area contributed by atoms with Crippen molar-refractivity contribution in [1.29, 1.82) is 0 Å². The Morgan fingerprint density at radius 3 is 1.96 bits per heavy atom. The molecule has 236 valence electrons. The van der Waals surface area contributed by atoms with E-state index >= 15 is 0 Å². The van der Waals surface area contributed by atoms with Gasteiger partial charge in [-0.3, -0.25) is 0 Å². The summed E-state index contributed by atoms with van der Waals surface area (Å²) in [6.45, 7) is 2.36. The summed E-state index contributed by atoms with van der Waals surface area (Å²) in [5.74, 6) is 0.548. The van der Waals surface area contributed by atoms with Crippen molar-refractivity contribution in [2.45, 2.75) is 13.3 Å². The molecular weight excluding hydrogens is 603 g/mol. The third-order valence-electron chi connectivity index (χ3n) is 10.8. The molecule has 1 aliphatic carbocycles. The molecule has 2 nitrogen and oxygen atoms in total. The van der Waals surface area contributed by atoms with E-state index in [2.05, 4.69) is 193 Å². The highest BCUT2D eigenvalue weighted by Crippen LogP contribution is 2.49. The molecule has 0 saturated heterocycles. The standard InChI is InChI=1S/C47H35BN2/c1-32-22-25-36(26-23-32)49(35-14-3-2-4-15-35)37-27-29-47-43(31-37)41-18-8-10-21-45(41)48-44-20-9-7-17-40(44)42-30-34(24-28-46(42)50(47)48)39-19-11-13-33-12-5-6-16-38(33)39/h2-22,24-32H,23H2,1H3. The van der Waals surface area contributed by atoms with E-state index in [1.54, 1.807) is 0 Å². The maximum Gasteiger partial charge on any atom is 0.329 e. The third kappa shape index (κ3) is 4.50. The van der Waals surface area contributed by atoms with Crippen molar-refractivity contribution in [3.05, 3.63) is 182 Å². The molecule has 3 heteroatoms. The van der Waals surface area contributed by atoms with Crippen molar-refractivity contribution >= 4 is 51.3 Å². The first-order valence-corrected chi connectivity index (χ1v) is 17.7. The minimum atomic E-state index is 0.0763. The Hall–Kier alpha value is -6.06. The molecule has 0 fully saturated rings. The molecule has 0 N–H and O–H groups in total. The molecule has 50 heavy (non-hydrogen) atoms. The zero-order valence-electron chi connectivity index (χ0n) is 28.0. The SMILES string of the molecule is CC1C=CC(N(c2ccccc2)c2ccc3c(c2)-c2ccccc2B2c4ccccc4-c4cc(-c5cccc6ccccc56)ccc4N23)=CC1. The highest BCUT2D eigenvalue weighted by atomic mass is 15.2. The van der Waals surface area contributed by atoms with Crippen LogP contribution in [0.25, 0.3) is 44.2 Å². The van der Waals surface area contributed by atoms with Gasteiger partial charge in [-0.05, 0) is 105 Å². The molecule has 0 bridgehead atoms. The maximum absolute atomic E-state index is 2.60. The number of para-hydroxylation sites is 1. The van der Waals surface area contributed by atoms with E-state index in [4.69, 9.17) is 0 Å². The predicted molar refractivity (Wildman–Crippen MR) is 213 cm³/mol. The summed E-state index contributed by atoms with van der Waals surface area (Å²) in [6, 6.07) is 58.3. The Morgan fingerprint density at radius 2 is 1.20 bits per heavy atom. The van der Waals surface area contributed by atoms with Crippen LogP contribution in [0.2, 0.25) is 0 Å². The highest BCUT2D eigenvalue weighted by Gasteiger charge is 2.42. The minimum absolute atomic E-state index is 0.0763. The molecule has 1 unspecified atom stereocenters. The Morgan fingerprint density at radius 1 is 0.560 bits per heavy atom. The van der Waals surface area contributed by atoms with E-state index in [1.807, 2.05) is 0 Å². The van der Waals surface area contributed by atoms with Crippen LogP contribution in [0.3, 0.4) is 0 Å². The topological polar surface area (TPSA) is 6.48 Å². The number of anilines is 4. The van der Waals surface area contributed by atoms with Crippen molar-refractivity contribution < 1.29 is 0 Å². The molecule has 10 rings (SSSR count). The molecular formula is C47H35BN2. The normalized spacial score (nSPS) is 15.4. The second-order valence-corrected chi connectivity index (χ2v) is 13.8. The molecule has 7 aromatic carbocycles. The Kier molecular flexibility index (Phi) is 6.67. The number of rotatable bonds is 4. The Balaban J connectivity index is 1.18. The van der Waals surface area contributed by atoms with Gasteiger partial charge in [0, 0.05) is 39.6 Å². The molecule has 0 saturated carbocycles. The molecule has 3 aliphatic rings. The van der Waals surface area contributed by atoms with Crippen LogP contribution in [0, 0.1) is 5.92 Å².